The average Bonchev–Trinajstić information content (AvgIpc) is 2.30. The van der Waals surface area contributed by atoms with Crippen molar-refractivity contribution < 1.29 is 14.3 Å². The highest BCUT2D eigenvalue weighted by molar-refractivity contribution is 5.86. The van der Waals surface area contributed by atoms with Crippen molar-refractivity contribution in [2.45, 2.75) is 19.4 Å². The van der Waals surface area contributed by atoms with Crippen LogP contribution in [0.4, 0.5) is 4.39 Å². The van der Waals surface area contributed by atoms with E-state index >= 15 is 0 Å². The summed E-state index contributed by atoms with van der Waals surface area (Å²) in [6.07, 6.45) is 3.47. The molecular weight excluding hydrogens is 233 g/mol. The van der Waals surface area contributed by atoms with E-state index in [0.717, 1.165) is 5.57 Å². The lowest BCUT2D eigenvalue weighted by Gasteiger charge is -2.34. The molecule has 0 bridgehead atoms. The van der Waals surface area contributed by atoms with Crippen LogP contribution in [-0.2, 0) is 10.3 Å². The molecule has 1 aliphatic rings. The Morgan fingerprint density at radius 2 is 1.89 bits per heavy atom. The van der Waals surface area contributed by atoms with Gasteiger partial charge in [0, 0.05) is 6.20 Å². The second kappa shape index (κ2) is 4.29. The smallest absolute Gasteiger partial charge is 0.338 e. The predicted octanol–water partition coefficient (Wildman–Crippen LogP) is 2.56. The molecule has 18 heavy (non-hydrogen) atoms. The molecule has 1 aliphatic heterocycles. The number of rotatable bonds is 2. The van der Waals surface area contributed by atoms with Gasteiger partial charge in [-0.2, -0.15) is 0 Å². The maximum Gasteiger partial charge on any atom is 0.338 e. The maximum atomic E-state index is 12.9. The van der Waals surface area contributed by atoms with Gasteiger partial charge in [-0.25, -0.2) is 9.18 Å². The van der Waals surface area contributed by atoms with E-state index in [1.807, 2.05) is 13.0 Å². The molecule has 1 atom stereocenters. The number of aliphatic carboxylic acids is 1. The number of allylic oxidation sites excluding steroid dienone is 2. The van der Waals surface area contributed by atoms with Crippen LogP contribution in [0.5, 0.6) is 0 Å². The highest BCUT2D eigenvalue weighted by Gasteiger charge is 2.42. The first-order valence-electron chi connectivity index (χ1n) is 5.59. The van der Waals surface area contributed by atoms with Gasteiger partial charge in [-0.3, -0.25) is 0 Å². The van der Waals surface area contributed by atoms with Gasteiger partial charge in [0.05, 0.1) is 0 Å². The van der Waals surface area contributed by atoms with Crippen molar-refractivity contribution in [1.29, 1.82) is 0 Å². The van der Waals surface area contributed by atoms with Gasteiger partial charge in [0.15, 0.2) is 5.54 Å². The van der Waals surface area contributed by atoms with Crippen molar-refractivity contribution in [3.8, 4) is 0 Å². The van der Waals surface area contributed by atoms with E-state index in [1.165, 1.54) is 24.3 Å². The predicted molar refractivity (Wildman–Crippen MR) is 66.4 cm³/mol. The second-order valence-electron chi connectivity index (χ2n) is 4.42. The van der Waals surface area contributed by atoms with Gasteiger partial charge in [0.1, 0.15) is 5.82 Å². The van der Waals surface area contributed by atoms with Crippen LogP contribution in [0, 0.1) is 5.82 Å². The fourth-order valence-corrected chi connectivity index (χ4v) is 2.19. The first kappa shape index (κ1) is 12.4. The second-order valence-corrected chi connectivity index (χ2v) is 4.42. The van der Waals surface area contributed by atoms with Crippen molar-refractivity contribution in [2.24, 2.45) is 0 Å². The van der Waals surface area contributed by atoms with Crippen LogP contribution < -0.4 is 5.32 Å². The molecule has 1 unspecified atom stereocenters. The molecule has 0 radical (unpaired) electrons. The normalized spacial score (nSPS) is 22.8. The van der Waals surface area contributed by atoms with Crippen molar-refractivity contribution in [3.63, 3.8) is 0 Å². The van der Waals surface area contributed by atoms with E-state index in [9.17, 15) is 14.3 Å². The number of benzene rings is 1. The van der Waals surface area contributed by atoms with E-state index in [4.69, 9.17) is 0 Å². The van der Waals surface area contributed by atoms with Gasteiger partial charge in [0.25, 0.3) is 0 Å². The van der Waals surface area contributed by atoms with Crippen LogP contribution in [0.1, 0.15) is 19.4 Å². The first-order valence-corrected chi connectivity index (χ1v) is 5.59. The number of hydrogen-bond donors (Lipinski definition) is 2. The number of halogens is 1. The Balaban J connectivity index is 2.57. The minimum absolute atomic E-state index is 0.386. The van der Waals surface area contributed by atoms with E-state index in [-0.39, 0.29) is 5.82 Å². The molecular formula is C14H14FNO2. The summed E-state index contributed by atoms with van der Waals surface area (Å²) in [7, 11) is 0. The lowest BCUT2D eigenvalue weighted by Crippen LogP contribution is -2.49. The summed E-state index contributed by atoms with van der Waals surface area (Å²) in [5, 5.41) is 12.5. The maximum absolute atomic E-state index is 12.9. The van der Waals surface area contributed by atoms with E-state index in [2.05, 4.69) is 5.32 Å². The Kier molecular flexibility index (Phi) is 2.95. The van der Waals surface area contributed by atoms with Crippen LogP contribution in [0.2, 0.25) is 0 Å². The van der Waals surface area contributed by atoms with Crippen LogP contribution in [0.15, 0.2) is 47.7 Å². The minimum Gasteiger partial charge on any atom is -0.479 e. The van der Waals surface area contributed by atoms with Gasteiger partial charge in [-0.05, 0) is 42.7 Å². The first-order chi connectivity index (χ1) is 8.46. The summed E-state index contributed by atoms with van der Waals surface area (Å²) in [5.41, 5.74) is 0.815. The standard InChI is InChI=1S/C14H14FNO2/c1-9-7-10(2)14(13(17)18,16-8-9)11-3-5-12(15)6-4-11/h3-8,16H,1-2H3,(H,17,18). The van der Waals surface area contributed by atoms with Crippen molar-refractivity contribution >= 4 is 5.97 Å². The Bertz CT molecular complexity index is 545. The SMILES string of the molecule is CC1=CNC(C(=O)O)(c2ccc(F)cc2)C(C)=C1. The van der Waals surface area contributed by atoms with E-state index in [0.29, 0.717) is 11.1 Å². The van der Waals surface area contributed by atoms with Crippen LogP contribution in [0.3, 0.4) is 0 Å². The van der Waals surface area contributed by atoms with E-state index in [1.54, 1.807) is 13.1 Å². The number of carboxylic acids is 1. The molecule has 0 amide bonds. The fourth-order valence-electron chi connectivity index (χ4n) is 2.19. The van der Waals surface area contributed by atoms with Crippen LogP contribution in [0.25, 0.3) is 0 Å². The molecule has 1 aromatic rings. The van der Waals surface area contributed by atoms with Gasteiger partial charge >= 0.3 is 5.97 Å². The van der Waals surface area contributed by atoms with Gasteiger partial charge in [0.2, 0.25) is 0 Å². The molecule has 2 rings (SSSR count). The largest absolute Gasteiger partial charge is 0.479 e. The van der Waals surface area contributed by atoms with Crippen molar-refractivity contribution in [2.75, 3.05) is 0 Å². The quantitative estimate of drug-likeness (QED) is 0.844. The monoisotopic (exact) mass is 247 g/mol. The van der Waals surface area contributed by atoms with Gasteiger partial charge in [-0.1, -0.05) is 18.2 Å². The lowest BCUT2D eigenvalue weighted by molar-refractivity contribution is -0.143. The summed E-state index contributed by atoms with van der Waals surface area (Å²) >= 11 is 0. The Morgan fingerprint density at radius 1 is 1.28 bits per heavy atom. The third-order valence-corrected chi connectivity index (χ3v) is 3.15. The van der Waals surface area contributed by atoms with Gasteiger partial charge < -0.3 is 10.4 Å². The van der Waals surface area contributed by atoms with Gasteiger partial charge in [-0.15, -0.1) is 0 Å². The Hall–Kier alpha value is -2.10. The molecule has 0 fully saturated rings. The molecule has 1 aromatic carbocycles. The zero-order valence-electron chi connectivity index (χ0n) is 10.2. The van der Waals surface area contributed by atoms with Crippen molar-refractivity contribution in [1.82, 2.24) is 5.32 Å². The molecule has 0 aromatic heterocycles. The summed E-state index contributed by atoms with van der Waals surface area (Å²) in [4.78, 5) is 11.7. The highest BCUT2D eigenvalue weighted by atomic mass is 19.1. The molecule has 4 heteroatoms. The van der Waals surface area contributed by atoms with Crippen molar-refractivity contribution in [3.05, 3.63) is 59.1 Å². The number of carbonyl (C=O) groups is 1. The summed E-state index contributed by atoms with van der Waals surface area (Å²) in [6, 6.07) is 5.50. The fraction of sp³-hybridized carbons (Fsp3) is 0.214. The molecule has 0 saturated heterocycles. The molecule has 1 heterocycles. The topological polar surface area (TPSA) is 49.3 Å². The summed E-state index contributed by atoms with van der Waals surface area (Å²) in [5.74, 6) is -1.39. The summed E-state index contributed by atoms with van der Waals surface area (Å²) < 4.78 is 12.9. The average molecular weight is 247 g/mol. The number of nitrogens with one attached hydrogen (secondary N) is 1. The number of dihydropyridines is 1. The third kappa shape index (κ3) is 1.79. The number of carboxylic acid groups (broad SMARTS) is 1. The molecule has 94 valence electrons. The third-order valence-electron chi connectivity index (χ3n) is 3.15. The lowest BCUT2D eigenvalue weighted by atomic mass is 9.81. The molecule has 0 saturated carbocycles. The molecule has 0 spiro atoms. The molecule has 3 nitrogen and oxygen atoms in total. The van der Waals surface area contributed by atoms with E-state index < -0.39 is 11.5 Å². The van der Waals surface area contributed by atoms with Crippen LogP contribution in [-0.4, -0.2) is 11.1 Å². The molecule has 2 N–H and O–H groups in total. The highest BCUT2D eigenvalue weighted by Crippen LogP contribution is 2.33. The zero-order chi connectivity index (χ0) is 13.3. The minimum atomic E-state index is -1.31. The zero-order valence-corrected chi connectivity index (χ0v) is 10.2. The van der Waals surface area contributed by atoms with Crippen LogP contribution >= 0.6 is 0 Å². The molecule has 0 aliphatic carbocycles. The summed E-state index contributed by atoms with van der Waals surface area (Å²) in [6.45, 7) is 3.63. The Morgan fingerprint density at radius 3 is 2.39 bits per heavy atom. The number of hydrogen-bond acceptors (Lipinski definition) is 2. The Labute approximate surface area is 105 Å².